The van der Waals surface area contributed by atoms with Crippen molar-refractivity contribution in [3.8, 4) is 0 Å². The predicted molar refractivity (Wildman–Crippen MR) is 95.4 cm³/mol. The van der Waals surface area contributed by atoms with E-state index in [1.165, 1.54) is 0 Å². The van der Waals surface area contributed by atoms with Gasteiger partial charge in [0.2, 0.25) is 5.91 Å². The summed E-state index contributed by atoms with van der Waals surface area (Å²) in [4.78, 5) is 36.7. The first-order valence-electron chi connectivity index (χ1n) is 8.75. The second-order valence-electron chi connectivity index (χ2n) is 7.70. The fourth-order valence-electron chi connectivity index (χ4n) is 2.47. The van der Waals surface area contributed by atoms with Crippen molar-refractivity contribution in [2.24, 2.45) is 5.92 Å². The maximum Gasteiger partial charge on any atom is 0.322 e. The quantitative estimate of drug-likeness (QED) is 0.417. The molecule has 2 atom stereocenters. The Bertz CT molecular complexity index is 496. The van der Waals surface area contributed by atoms with Gasteiger partial charge in [0.1, 0.15) is 0 Å². The van der Waals surface area contributed by atoms with Gasteiger partial charge in [-0.2, -0.15) is 0 Å². The van der Waals surface area contributed by atoms with Crippen LogP contribution in [0.4, 0.5) is 0 Å². The first-order valence-corrected chi connectivity index (χ1v) is 11.7. The molecule has 0 aliphatic carbocycles. The average molecular weight is 374 g/mol. The van der Waals surface area contributed by atoms with Gasteiger partial charge in [0, 0.05) is 0 Å². The van der Waals surface area contributed by atoms with Gasteiger partial charge >= 0.3 is 11.9 Å². The molecule has 144 valence electrons. The molecule has 1 rings (SSSR count). The van der Waals surface area contributed by atoms with E-state index in [0.717, 1.165) is 0 Å². The fraction of sp³-hybridized carbons (Fsp3) is 0.824. The van der Waals surface area contributed by atoms with E-state index in [2.05, 4.69) is 39.2 Å². The monoisotopic (exact) mass is 373 g/mol. The minimum Gasteiger partial charge on any atom is -0.465 e. The van der Waals surface area contributed by atoms with Gasteiger partial charge in [0.25, 0.3) is 0 Å². The Hall–Kier alpha value is -1.41. The lowest BCUT2D eigenvalue weighted by Gasteiger charge is -2.40. The molecule has 0 radical (unpaired) electrons. The number of esters is 2. The smallest absolute Gasteiger partial charge is 0.322 e. The molecular weight excluding hydrogens is 342 g/mol. The van der Waals surface area contributed by atoms with Crippen molar-refractivity contribution >= 4 is 26.2 Å². The predicted octanol–water partition coefficient (Wildman–Crippen LogP) is 2.01. The summed E-state index contributed by atoms with van der Waals surface area (Å²) in [7, 11) is -2.19. The summed E-state index contributed by atoms with van der Waals surface area (Å²) < 4.78 is 16.4. The molecular formula is C17H31NO6Si. The Morgan fingerprint density at radius 2 is 1.64 bits per heavy atom. The van der Waals surface area contributed by atoms with E-state index in [1.807, 2.05) is 0 Å². The molecule has 1 heterocycles. The van der Waals surface area contributed by atoms with E-state index in [1.54, 1.807) is 13.8 Å². The van der Waals surface area contributed by atoms with Gasteiger partial charge in [-0.25, -0.2) is 0 Å². The number of carbonyl (C=O) groups excluding carboxylic acids is 3. The molecule has 25 heavy (non-hydrogen) atoms. The zero-order valence-electron chi connectivity index (χ0n) is 16.3. The number of hydrogen-bond acceptors (Lipinski definition) is 6. The van der Waals surface area contributed by atoms with Gasteiger partial charge in [0.05, 0.1) is 31.8 Å². The van der Waals surface area contributed by atoms with Crippen LogP contribution in [0.25, 0.3) is 0 Å². The van der Waals surface area contributed by atoms with Crippen molar-refractivity contribution in [3.63, 3.8) is 0 Å². The van der Waals surface area contributed by atoms with Crippen LogP contribution in [0.3, 0.4) is 0 Å². The van der Waals surface area contributed by atoms with Crippen molar-refractivity contribution in [2.75, 3.05) is 13.2 Å². The van der Waals surface area contributed by atoms with E-state index in [0.29, 0.717) is 0 Å². The van der Waals surface area contributed by atoms with Crippen molar-refractivity contribution in [1.82, 2.24) is 5.32 Å². The molecule has 1 fully saturated rings. The van der Waals surface area contributed by atoms with E-state index in [-0.39, 0.29) is 30.6 Å². The zero-order valence-corrected chi connectivity index (χ0v) is 17.3. The summed E-state index contributed by atoms with van der Waals surface area (Å²) in [6.45, 7) is 14.0. The summed E-state index contributed by atoms with van der Waals surface area (Å²) in [5, 5.41) is 2.65. The second kappa shape index (κ2) is 8.31. The topological polar surface area (TPSA) is 90.9 Å². The summed E-state index contributed by atoms with van der Waals surface area (Å²) in [5.41, 5.74) is 0. The highest BCUT2D eigenvalue weighted by Crippen LogP contribution is 2.39. The van der Waals surface area contributed by atoms with Crippen LogP contribution in [0.2, 0.25) is 18.1 Å². The minimum absolute atomic E-state index is 0.0630. The molecule has 1 N–H and O–H groups in total. The highest BCUT2D eigenvalue weighted by atomic mass is 28.4. The molecule has 1 amide bonds. The Kier molecular flexibility index (Phi) is 7.19. The van der Waals surface area contributed by atoms with Gasteiger partial charge < -0.3 is 19.2 Å². The van der Waals surface area contributed by atoms with Crippen molar-refractivity contribution in [1.29, 1.82) is 0 Å². The Morgan fingerprint density at radius 3 is 2.04 bits per heavy atom. The molecule has 0 saturated carbocycles. The first kappa shape index (κ1) is 21.6. The van der Waals surface area contributed by atoms with Gasteiger partial charge in [-0.3, -0.25) is 14.4 Å². The highest BCUT2D eigenvalue weighted by Gasteiger charge is 2.50. The standard InChI is InChI=1S/C17H31NO6Si/c1-8-22-15(20)13(16(21)23-9-2)14-11(10-12(19)18-14)24-25(6,7)17(3,4)5/h11,13-14H,8-10H2,1-7H3,(H,18,19)/t11-,14?/m1/s1. The van der Waals surface area contributed by atoms with Crippen LogP contribution in [-0.2, 0) is 28.3 Å². The molecule has 8 heteroatoms. The number of nitrogens with one attached hydrogen (secondary N) is 1. The SMILES string of the molecule is CCOC(=O)C(C(=O)OCC)C1NC(=O)C[C@H]1O[Si](C)(C)C(C)(C)C. The number of hydrogen-bond donors (Lipinski definition) is 1. The van der Waals surface area contributed by atoms with Gasteiger partial charge in [-0.1, -0.05) is 20.8 Å². The Labute approximate surface area is 150 Å². The molecule has 0 aromatic heterocycles. The molecule has 7 nitrogen and oxygen atoms in total. The minimum atomic E-state index is -2.19. The van der Waals surface area contributed by atoms with Crippen LogP contribution in [0, 0.1) is 5.92 Å². The summed E-state index contributed by atoms with van der Waals surface area (Å²) >= 11 is 0. The third-order valence-corrected chi connectivity index (χ3v) is 9.31. The molecule has 1 saturated heterocycles. The second-order valence-corrected chi connectivity index (χ2v) is 12.5. The third kappa shape index (κ3) is 5.28. The third-order valence-electron chi connectivity index (χ3n) is 4.81. The highest BCUT2D eigenvalue weighted by molar-refractivity contribution is 6.74. The molecule has 0 spiro atoms. The van der Waals surface area contributed by atoms with Crippen LogP contribution in [0.5, 0.6) is 0 Å². The first-order chi connectivity index (χ1) is 11.4. The van der Waals surface area contributed by atoms with Crippen LogP contribution >= 0.6 is 0 Å². The molecule has 1 unspecified atom stereocenters. The Balaban J connectivity index is 3.11. The largest absolute Gasteiger partial charge is 0.465 e. The van der Waals surface area contributed by atoms with Crippen molar-refractivity contribution in [3.05, 3.63) is 0 Å². The van der Waals surface area contributed by atoms with Gasteiger partial charge in [-0.05, 0) is 32.0 Å². The number of rotatable bonds is 7. The maximum atomic E-state index is 12.3. The lowest BCUT2D eigenvalue weighted by atomic mass is 9.96. The summed E-state index contributed by atoms with van der Waals surface area (Å²) in [5.74, 6) is -2.86. The van der Waals surface area contributed by atoms with E-state index >= 15 is 0 Å². The maximum absolute atomic E-state index is 12.3. The van der Waals surface area contributed by atoms with E-state index in [9.17, 15) is 14.4 Å². The van der Waals surface area contributed by atoms with Crippen molar-refractivity contribution in [2.45, 2.75) is 71.3 Å². The Morgan fingerprint density at radius 1 is 1.16 bits per heavy atom. The average Bonchev–Trinajstić information content (AvgIpc) is 2.78. The molecule has 1 aliphatic rings. The number of carbonyl (C=O) groups is 3. The molecule has 0 bridgehead atoms. The van der Waals surface area contributed by atoms with Gasteiger partial charge in [-0.15, -0.1) is 0 Å². The van der Waals surface area contributed by atoms with Crippen LogP contribution in [0.15, 0.2) is 0 Å². The molecule has 1 aliphatic heterocycles. The zero-order chi connectivity index (χ0) is 19.4. The van der Waals surface area contributed by atoms with Gasteiger partial charge in [0.15, 0.2) is 14.2 Å². The summed E-state index contributed by atoms with van der Waals surface area (Å²) in [6.07, 6.45) is -0.445. The lowest BCUT2D eigenvalue weighted by Crippen LogP contribution is -2.52. The lowest BCUT2D eigenvalue weighted by molar-refractivity contribution is -0.164. The normalized spacial score (nSPS) is 21.2. The fourth-order valence-corrected chi connectivity index (χ4v) is 3.81. The summed E-state index contributed by atoms with van der Waals surface area (Å²) in [6, 6.07) is -0.778. The van der Waals surface area contributed by atoms with Crippen LogP contribution in [0.1, 0.15) is 41.0 Å². The molecule has 0 aromatic rings. The number of ether oxygens (including phenoxy) is 2. The van der Waals surface area contributed by atoms with Crippen LogP contribution in [-0.4, -0.2) is 51.5 Å². The van der Waals surface area contributed by atoms with E-state index in [4.69, 9.17) is 13.9 Å². The number of amides is 1. The van der Waals surface area contributed by atoms with Crippen LogP contribution < -0.4 is 5.32 Å². The van der Waals surface area contributed by atoms with Crippen molar-refractivity contribution < 1.29 is 28.3 Å². The molecule has 0 aromatic carbocycles. The van der Waals surface area contributed by atoms with E-state index < -0.39 is 38.3 Å².